The lowest BCUT2D eigenvalue weighted by atomic mass is 10.2. The van der Waals surface area contributed by atoms with Crippen LogP contribution in [0.3, 0.4) is 0 Å². The van der Waals surface area contributed by atoms with E-state index in [0.29, 0.717) is 6.42 Å². The molecule has 0 spiro atoms. The molecule has 94 valence electrons. The maximum atomic E-state index is 10.4. The molecule has 0 aliphatic rings. The van der Waals surface area contributed by atoms with Crippen LogP contribution in [0.25, 0.3) is 0 Å². The Labute approximate surface area is 115 Å². The Morgan fingerprint density at radius 1 is 1.53 bits per heavy atom. The first kappa shape index (κ1) is 14.5. The molecule has 1 aromatic rings. The van der Waals surface area contributed by atoms with Gasteiger partial charge in [0.25, 0.3) is 0 Å². The number of hydrogen-bond donors (Lipinski definition) is 1. The van der Waals surface area contributed by atoms with E-state index in [-0.39, 0.29) is 6.42 Å². The lowest BCUT2D eigenvalue weighted by Gasteiger charge is -2.17. The van der Waals surface area contributed by atoms with Crippen molar-refractivity contribution in [3.8, 4) is 0 Å². The van der Waals surface area contributed by atoms with E-state index in [2.05, 4.69) is 20.8 Å². The highest BCUT2D eigenvalue weighted by Crippen LogP contribution is 2.22. The van der Waals surface area contributed by atoms with E-state index in [1.165, 1.54) is 0 Å². The highest BCUT2D eigenvalue weighted by Gasteiger charge is 2.06. The number of carboxylic acids is 1. The Morgan fingerprint density at radius 3 is 2.88 bits per heavy atom. The fraction of sp³-hybridized carbons (Fsp3) is 0.417. The fourth-order valence-corrected chi connectivity index (χ4v) is 2.12. The number of aliphatic carboxylic acids is 1. The molecule has 0 aliphatic carbocycles. The molecule has 1 aromatic carbocycles. The molecular formula is C12H15BrClNO2. The zero-order chi connectivity index (χ0) is 12.8. The smallest absolute Gasteiger partial charge is 0.303 e. The van der Waals surface area contributed by atoms with Gasteiger partial charge in [0.2, 0.25) is 0 Å². The normalized spacial score (nSPS) is 10.8. The first-order valence-electron chi connectivity index (χ1n) is 5.33. The maximum Gasteiger partial charge on any atom is 0.303 e. The SMILES string of the molecule is CN(CCCC(=O)O)Cc1cc(Br)ccc1Cl. The van der Waals surface area contributed by atoms with Crippen molar-refractivity contribution in [2.24, 2.45) is 0 Å². The van der Waals surface area contributed by atoms with Crippen molar-refractivity contribution in [2.45, 2.75) is 19.4 Å². The topological polar surface area (TPSA) is 40.5 Å². The van der Waals surface area contributed by atoms with E-state index >= 15 is 0 Å². The lowest BCUT2D eigenvalue weighted by Crippen LogP contribution is -2.20. The second-order valence-corrected chi connectivity index (χ2v) is 5.29. The molecule has 0 aromatic heterocycles. The molecule has 1 N–H and O–H groups in total. The van der Waals surface area contributed by atoms with Crippen molar-refractivity contribution >= 4 is 33.5 Å². The van der Waals surface area contributed by atoms with Gasteiger partial charge >= 0.3 is 5.97 Å². The van der Waals surface area contributed by atoms with Gasteiger partial charge in [-0.05, 0) is 43.8 Å². The summed E-state index contributed by atoms with van der Waals surface area (Å²) in [4.78, 5) is 12.5. The molecule has 0 bridgehead atoms. The van der Waals surface area contributed by atoms with Gasteiger partial charge < -0.3 is 10.0 Å². The molecule has 0 fully saturated rings. The van der Waals surface area contributed by atoms with Crippen LogP contribution in [-0.4, -0.2) is 29.6 Å². The number of benzene rings is 1. The van der Waals surface area contributed by atoms with E-state index < -0.39 is 5.97 Å². The van der Waals surface area contributed by atoms with Crippen LogP contribution >= 0.6 is 27.5 Å². The van der Waals surface area contributed by atoms with E-state index in [9.17, 15) is 4.79 Å². The van der Waals surface area contributed by atoms with Crippen LogP contribution in [0.2, 0.25) is 5.02 Å². The van der Waals surface area contributed by atoms with Crippen LogP contribution in [0.1, 0.15) is 18.4 Å². The second kappa shape index (κ2) is 6.99. The zero-order valence-corrected chi connectivity index (χ0v) is 12.0. The van der Waals surface area contributed by atoms with Crippen molar-refractivity contribution in [3.63, 3.8) is 0 Å². The molecule has 17 heavy (non-hydrogen) atoms. The highest BCUT2D eigenvalue weighted by molar-refractivity contribution is 9.10. The predicted octanol–water partition coefficient (Wildman–Crippen LogP) is 3.40. The standard InChI is InChI=1S/C12H15BrClNO2/c1-15(6-2-3-12(16)17)8-9-7-10(13)4-5-11(9)14/h4-5,7H,2-3,6,8H2,1H3,(H,16,17). The van der Waals surface area contributed by atoms with Crippen LogP contribution in [0.15, 0.2) is 22.7 Å². The lowest BCUT2D eigenvalue weighted by molar-refractivity contribution is -0.137. The molecule has 0 radical (unpaired) electrons. The average Bonchev–Trinajstić information content (AvgIpc) is 2.23. The van der Waals surface area contributed by atoms with E-state index in [1.807, 2.05) is 25.2 Å². The van der Waals surface area contributed by atoms with Gasteiger partial charge in [-0.2, -0.15) is 0 Å². The van der Waals surface area contributed by atoms with Crippen LogP contribution in [0.4, 0.5) is 0 Å². The summed E-state index contributed by atoms with van der Waals surface area (Å²) < 4.78 is 0.996. The predicted molar refractivity (Wildman–Crippen MR) is 72.4 cm³/mol. The largest absolute Gasteiger partial charge is 0.481 e. The average molecular weight is 321 g/mol. The Balaban J connectivity index is 2.47. The quantitative estimate of drug-likeness (QED) is 0.873. The van der Waals surface area contributed by atoms with E-state index in [4.69, 9.17) is 16.7 Å². The Morgan fingerprint density at radius 2 is 2.24 bits per heavy atom. The van der Waals surface area contributed by atoms with Crippen LogP contribution in [-0.2, 0) is 11.3 Å². The zero-order valence-electron chi connectivity index (χ0n) is 9.62. The van der Waals surface area contributed by atoms with E-state index in [1.54, 1.807) is 0 Å². The van der Waals surface area contributed by atoms with Gasteiger partial charge in [-0.3, -0.25) is 4.79 Å². The van der Waals surface area contributed by atoms with Crippen LogP contribution < -0.4 is 0 Å². The maximum absolute atomic E-state index is 10.4. The molecular weight excluding hydrogens is 305 g/mol. The summed E-state index contributed by atoms with van der Waals surface area (Å²) in [5.74, 6) is -0.751. The number of hydrogen-bond acceptors (Lipinski definition) is 2. The third-order valence-electron chi connectivity index (χ3n) is 2.38. The minimum atomic E-state index is -0.751. The van der Waals surface area contributed by atoms with Gasteiger partial charge in [-0.15, -0.1) is 0 Å². The second-order valence-electron chi connectivity index (χ2n) is 3.97. The number of carboxylic acid groups (broad SMARTS) is 1. The molecule has 0 saturated heterocycles. The number of halogens is 2. The monoisotopic (exact) mass is 319 g/mol. The summed E-state index contributed by atoms with van der Waals surface area (Å²) in [5.41, 5.74) is 1.04. The van der Waals surface area contributed by atoms with Gasteiger partial charge in [0.05, 0.1) is 0 Å². The third kappa shape index (κ3) is 5.52. The van der Waals surface area contributed by atoms with Gasteiger partial charge in [0.1, 0.15) is 0 Å². The summed E-state index contributed by atoms with van der Waals surface area (Å²) >= 11 is 9.49. The van der Waals surface area contributed by atoms with E-state index in [0.717, 1.165) is 28.1 Å². The van der Waals surface area contributed by atoms with Gasteiger partial charge in [-0.1, -0.05) is 27.5 Å². The molecule has 0 atom stereocenters. The van der Waals surface area contributed by atoms with Crippen LogP contribution in [0, 0.1) is 0 Å². The minimum Gasteiger partial charge on any atom is -0.481 e. The molecule has 0 aliphatic heterocycles. The first-order chi connectivity index (χ1) is 7.99. The molecule has 3 nitrogen and oxygen atoms in total. The first-order valence-corrected chi connectivity index (χ1v) is 6.50. The van der Waals surface area contributed by atoms with Crippen molar-refractivity contribution in [1.29, 1.82) is 0 Å². The molecule has 5 heteroatoms. The summed E-state index contributed by atoms with van der Waals surface area (Å²) in [5, 5.41) is 9.29. The summed E-state index contributed by atoms with van der Waals surface area (Å²) in [6.07, 6.45) is 0.855. The summed E-state index contributed by atoms with van der Waals surface area (Å²) in [6, 6.07) is 5.73. The van der Waals surface area contributed by atoms with Crippen molar-refractivity contribution < 1.29 is 9.90 Å². The van der Waals surface area contributed by atoms with Crippen LogP contribution in [0.5, 0.6) is 0 Å². The Hall–Kier alpha value is -0.580. The molecule has 0 heterocycles. The van der Waals surface area contributed by atoms with Gasteiger partial charge in [0, 0.05) is 22.5 Å². The van der Waals surface area contributed by atoms with Crippen molar-refractivity contribution in [3.05, 3.63) is 33.3 Å². The van der Waals surface area contributed by atoms with Crippen molar-refractivity contribution in [2.75, 3.05) is 13.6 Å². The Bertz CT molecular complexity index is 398. The van der Waals surface area contributed by atoms with Crippen molar-refractivity contribution in [1.82, 2.24) is 4.90 Å². The van der Waals surface area contributed by atoms with Gasteiger partial charge in [-0.25, -0.2) is 0 Å². The summed E-state index contributed by atoms with van der Waals surface area (Å²) in [7, 11) is 1.96. The highest BCUT2D eigenvalue weighted by atomic mass is 79.9. The molecule has 0 amide bonds. The Kier molecular flexibility index (Phi) is 5.95. The van der Waals surface area contributed by atoms with Gasteiger partial charge in [0.15, 0.2) is 0 Å². The molecule has 0 unspecified atom stereocenters. The third-order valence-corrected chi connectivity index (χ3v) is 3.24. The summed E-state index contributed by atoms with van der Waals surface area (Å²) in [6.45, 7) is 1.47. The number of carbonyl (C=O) groups is 1. The molecule has 1 rings (SSSR count). The molecule has 0 saturated carbocycles. The minimum absolute atomic E-state index is 0.205. The fourth-order valence-electron chi connectivity index (χ4n) is 1.53. The number of rotatable bonds is 6. The number of nitrogens with zero attached hydrogens (tertiary/aromatic N) is 1.